The number of carbonyl (C=O) groups is 3. The van der Waals surface area contributed by atoms with Crippen molar-refractivity contribution in [3.8, 4) is 6.07 Å². The van der Waals surface area contributed by atoms with Gasteiger partial charge >= 0.3 is 11.9 Å². The lowest BCUT2D eigenvalue weighted by Crippen LogP contribution is -2.12. The van der Waals surface area contributed by atoms with Gasteiger partial charge in [-0.05, 0) is 63.1 Å². The number of nitrogens with zero attached hydrogens (tertiary/aromatic N) is 2. The molecule has 4 rings (SSSR count). The van der Waals surface area contributed by atoms with Crippen molar-refractivity contribution in [1.29, 1.82) is 5.26 Å². The number of rotatable bonds is 10. The normalized spacial score (nSPS) is 11.4. The van der Waals surface area contributed by atoms with E-state index in [2.05, 4.69) is 26.6 Å². The highest BCUT2D eigenvalue weighted by atomic mass is 79.9. The van der Waals surface area contributed by atoms with Crippen molar-refractivity contribution >= 4 is 62.0 Å². The average Bonchev–Trinajstić information content (AvgIpc) is 3.41. The van der Waals surface area contributed by atoms with Gasteiger partial charge in [-0.25, -0.2) is 9.59 Å². The van der Waals surface area contributed by atoms with Crippen LogP contribution in [0, 0.1) is 25.2 Å². The summed E-state index contributed by atoms with van der Waals surface area (Å²) in [6.45, 7) is 7.92. The molecule has 2 aromatic carbocycles. The number of ketones is 1. The van der Waals surface area contributed by atoms with Gasteiger partial charge in [0.25, 0.3) is 0 Å². The lowest BCUT2D eigenvalue weighted by atomic mass is 10.0. The highest BCUT2D eigenvalue weighted by molar-refractivity contribution is 9.10. The van der Waals surface area contributed by atoms with Crippen LogP contribution in [0.5, 0.6) is 0 Å². The van der Waals surface area contributed by atoms with Gasteiger partial charge in [0.15, 0.2) is 5.78 Å². The van der Waals surface area contributed by atoms with Crippen molar-refractivity contribution in [3.05, 3.63) is 96.3 Å². The maximum Gasteiger partial charge on any atom is 0.348 e. The van der Waals surface area contributed by atoms with E-state index in [0.29, 0.717) is 17.0 Å². The molecule has 0 unspecified atom stereocenters. The second kappa shape index (κ2) is 13.1. The predicted octanol–water partition coefficient (Wildman–Crippen LogP) is 7.20. The Bertz CT molecular complexity index is 1710. The average molecular weight is 634 g/mol. The molecular weight excluding hydrogens is 604 g/mol. The fourth-order valence-electron chi connectivity index (χ4n) is 4.74. The van der Waals surface area contributed by atoms with Crippen LogP contribution >= 0.6 is 27.3 Å². The third kappa shape index (κ3) is 6.34. The zero-order valence-electron chi connectivity index (χ0n) is 23.2. The summed E-state index contributed by atoms with van der Waals surface area (Å²) in [4.78, 5) is 39.4. The molecule has 4 aromatic rings. The number of hydrogen-bond acceptors (Lipinski definition) is 7. The number of carbonyl (C=O) groups excluding carboxylic acids is 3. The lowest BCUT2D eigenvalue weighted by molar-refractivity contribution is -0.114. The fraction of sp³-hybridized carbons (Fsp3) is 0.250. The molecule has 210 valence electrons. The number of Topliss-reactive ketones (excluding diaryl/α,β-unsaturated/α-hetero) is 1. The number of aromatic nitrogens is 1. The minimum atomic E-state index is -0.617. The Balaban J connectivity index is 1.74. The van der Waals surface area contributed by atoms with E-state index < -0.39 is 17.7 Å². The van der Waals surface area contributed by atoms with Crippen LogP contribution in [0.25, 0.3) is 17.0 Å². The number of para-hydroxylation sites is 1. The Kier molecular flexibility index (Phi) is 9.58. The molecule has 0 aliphatic heterocycles. The van der Waals surface area contributed by atoms with E-state index in [9.17, 15) is 19.6 Å². The van der Waals surface area contributed by atoms with Crippen LogP contribution in [0.4, 0.5) is 0 Å². The van der Waals surface area contributed by atoms with Gasteiger partial charge < -0.3 is 14.0 Å². The molecule has 0 bridgehead atoms. The Labute approximate surface area is 251 Å². The van der Waals surface area contributed by atoms with Crippen LogP contribution in [0.2, 0.25) is 0 Å². The number of thiophene rings is 1. The van der Waals surface area contributed by atoms with E-state index in [1.807, 2.05) is 55.5 Å². The van der Waals surface area contributed by atoms with Gasteiger partial charge in [0.1, 0.15) is 10.9 Å². The van der Waals surface area contributed by atoms with Crippen LogP contribution in [0.1, 0.15) is 61.1 Å². The Hall–Kier alpha value is -4.00. The van der Waals surface area contributed by atoms with Crippen molar-refractivity contribution < 1.29 is 23.9 Å². The van der Waals surface area contributed by atoms with Crippen molar-refractivity contribution in [2.75, 3.05) is 13.2 Å². The molecule has 0 atom stereocenters. The van der Waals surface area contributed by atoms with Gasteiger partial charge in [0.2, 0.25) is 0 Å². The van der Waals surface area contributed by atoms with Crippen LogP contribution in [-0.2, 0) is 27.2 Å². The van der Waals surface area contributed by atoms with Crippen LogP contribution < -0.4 is 0 Å². The molecule has 0 amide bonds. The Morgan fingerprint density at radius 3 is 2.32 bits per heavy atom. The number of esters is 2. The summed E-state index contributed by atoms with van der Waals surface area (Å²) in [7, 11) is 0. The van der Waals surface area contributed by atoms with Crippen LogP contribution in [0.15, 0.2) is 58.6 Å². The summed E-state index contributed by atoms with van der Waals surface area (Å²) in [6.07, 6.45) is 1.39. The quantitative estimate of drug-likeness (QED) is 0.104. The maximum absolute atomic E-state index is 13.5. The molecule has 2 heterocycles. The SMILES string of the molecule is CCOC(=O)c1sc(CC(=O)/C(C#N)=C/c2c(C)n(Cc3ccc(Br)cc3)c3ccccc23)c(C(=O)OCC)c1C. The molecule has 7 nitrogen and oxygen atoms in total. The van der Waals surface area contributed by atoms with E-state index in [0.717, 1.165) is 43.5 Å². The molecule has 9 heteroatoms. The zero-order valence-corrected chi connectivity index (χ0v) is 25.6. The number of fused-ring (bicyclic) bond motifs is 1. The first-order valence-electron chi connectivity index (χ1n) is 13.1. The fourth-order valence-corrected chi connectivity index (χ4v) is 6.19. The number of hydrogen-bond donors (Lipinski definition) is 0. The first kappa shape index (κ1) is 30.0. The highest BCUT2D eigenvalue weighted by Crippen LogP contribution is 2.32. The van der Waals surface area contributed by atoms with Crippen molar-refractivity contribution in [1.82, 2.24) is 4.57 Å². The van der Waals surface area contributed by atoms with E-state index in [1.54, 1.807) is 26.8 Å². The molecule has 0 N–H and O–H groups in total. The number of benzene rings is 2. The predicted molar refractivity (Wildman–Crippen MR) is 163 cm³/mol. The van der Waals surface area contributed by atoms with Gasteiger partial charge in [-0.15, -0.1) is 11.3 Å². The van der Waals surface area contributed by atoms with Gasteiger partial charge in [-0.3, -0.25) is 4.79 Å². The molecular formula is C32H29BrN2O5S. The van der Waals surface area contributed by atoms with Gasteiger partial charge in [-0.1, -0.05) is 46.3 Å². The molecule has 2 aromatic heterocycles. The second-order valence-electron chi connectivity index (χ2n) is 9.29. The smallest absolute Gasteiger partial charge is 0.348 e. The molecule has 41 heavy (non-hydrogen) atoms. The molecule has 0 aliphatic rings. The highest BCUT2D eigenvalue weighted by Gasteiger charge is 2.28. The van der Waals surface area contributed by atoms with Gasteiger partial charge in [0, 0.05) is 44.5 Å². The third-order valence-electron chi connectivity index (χ3n) is 6.72. The summed E-state index contributed by atoms with van der Waals surface area (Å²) < 4.78 is 13.5. The van der Waals surface area contributed by atoms with Crippen molar-refractivity contribution in [3.63, 3.8) is 0 Å². The Morgan fingerprint density at radius 1 is 1.00 bits per heavy atom. The van der Waals surface area contributed by atoms with Crippen LogP contribution in [-0.4, -0.2) is 35.5 Å². The first-order valence-corrected chi connectivity index (χ1v) is 14.7. The van der Waals surface area contributed by atoms with Crippen molar-refractivity contribution in [2.24, 2.45) is 0 Å². The monoisotopic (exact) mass is 632 g/mol. The summed E-state index contributed by atoms with van der Waals surface area (Å²) >= 11 is 4.50. The minimum absolute atomic E-state index is 0.0433. The number of allylic oxidation sites excluding steroid dienone is 1. The molecule has 0 saturated carbocycles. The standard InChI is InChI=1S/C32H29BrN2O5S/c1-5-39-31(37)29-19(3)30(32(38)40-6-2)41-28(29)16-27(36)22(17-34)15-25-20(4)35(26-10-8-7-9-24(25)26)18-21-11-13-23(33)14-12-21/h7-15H,5-6,16,18H2,1-4H3/b22-15+. The first-order chi connectivity index (χ1) is 19.7. The maximum atomic E-state index is 13.5. The largest absolute Gasteiger partial charge is 0.462 e. The van der Waals surface area contributed by atoms with E-state index in [-0.39, 0.29) is 35.6 Å². The summed E-state index contributed by atoms with van der Waals surface area (Å²) in [5, 5.41) is 11.0. The zero-order chi connectivity index (χ0) is 29.7. The van der Waals surface area contributed by atoms with E-state index in [4.69, 9.17) is 9.47 Å². The summed E-state index contributed by atoms with van der Waals surface area (Å²) in [5.74, 6) is -1.64. The summed E-state index contributed by atoms with van der Waals surface area (Å²) in [6, 6.07) is 18.0. The molecule has 0 radical (unpaired) electrons. The third-order valence-corrected chi connectivity index (χ3v) is 8.52. The number of nitriles is 1. The molecule has 0 fully saturated rings. The minimum Gasteiger partial charge on any atom is -0.462 e. The molecule has 0 saturated heterocycles. The topological polar surface area (TPSA) is 98.4 Å². The van der Waals surface area contributed by atoms with E-state index in [1.165, 1.54) is 0 Å². The van der Waals surface area contributed by atoms with E-state index >= 15 is 0 Å². The van der Waals surface area contributed by atoms with Crippen molar-refractivity contribution in [2.45, 2.75) is 40.7 Å². The van der Waals surface area contributed by atoms with Crippen LogP contribution in [0.3, 0.4) is 0 Å². The van der Waals surface area contributed by atoms with Gasteiger partial charge in [-0.2, -0.15) is 5.26 Å². The number of halogens is 1. The lowest BCUT2D eigenvalue weighted by Gasteiger charge is -2.09. The second-order valence-corrected chi connectivity index (χ2v) is 11.3. The Morgan fingerprint density at radius 2 is 1.66 bits per heavy atom. The molecule has 0 spiro atoms. The van der Waals surface area contributed by atoms with Gasteiger partial charge in [0.05, 0.1) is 24.4 Å². The molecule has 0 aliphatic carbocycles. The number of ether oxygens (including phenoxy) is 2. The summed E-state index contributed by atoms with van der Waals surface area (Å²) in [5.41, 5.74) is 4.33.